The highest BCUT2D eigenvalue weighted by Crippen LogP contribution is 2.29. The summed E-state index contributed by atoms with van der Waals surface area (Å²) >= 11 is 0. The van der Waals surface area contributed by atoms with Gasteiger partial charge in [0.15, 0.2) is 0 Å². The molecule has 0 aliphatic rings. The summed E-state index contributed by atoms with van der Waals surface area (Å²) in [6.45, 7) is 4.58. The van der Waals surface area contributed by atoms with Crippen LogP contribution in [0, 0.1) is 5.82 Å². The van der Waals surface area contributed by atoms with Crippen molar-refractivity contribution >= 4 is 16.0 Å². The van der Waals surface area contributed by atoms with E-state index >= 15 is 0 Å². The summed E-state index contributed by atoms with van der Waals surface area (Å²) in [5.74, 6) is -1.73. The molecular formula is C14H20FNO4S. The van der Waals surface area contributed by atoms with Crippen molar-refractivity contribution in [3.63, 3.8) is 0 Å². The molecule has 0 spiro atoms. The normalized spacial score (nSPS) is 14.7. The summed E-state index contributed by atoms with van der Waals surface area (Å²) in [4.78, 5) is 11.3. The largest absolute Gasteiger partial charge is 0.481 e. The van der Waals surface area contributed by atoms with Crippen LogP contribution in [0.1, 0.15) is 38.3 Å². The lowest BCUT2D eigenvalue weighted by Gasteiger charge is -2.24. The molecule has 0 saturated heterocycles. The van der Waals surface area contributed by atoms with Gasteiger partial charge in [-0.1, -0.05) is 19.1 Å². The molecule has 0 fully saturated rings. The van der Waals surface area contributed by atoms with Crippen LogP contribution in [0.2, 0.25) is 0 Å². The molecule has 1 rings (SSSR count). The number of sulfonamides is 1. The Balaban J connectivity index is 3.04. The topological polar surface area (TPSA) is 83.5 Å². The summed E-state index contributed by atoms with van der Waals surface area (Å²) in [6.07, 6.45) is 0.323. The van der Waals surface area contributed by atoms with Gasteiger partial charge in [-0.05, 0) is 31.9 Å². The number of aliphatic carboxylic acids is 1. The molecule has 2 N–H and O–H groups in total. The molecule has 1 atom stereocenters. The van der Waals surface area contributed by atoms with Crippen molar-refractivity contribution in [1.82, 2.24) is 4.72 Å². The molecule has 21 heavy (non-hydrogen) atoms. The first-order valence-electron chi connectivity index (χ1n) is 6.66. The Labute approximate surface area is 124 Å². The maximum absolute atomic E-state index is 14.0. The standard InChI is InChI=1S/C14H20FNO4S/c1-4-14(3,13(17)18)11-7-6-10(12(15)8-11)9-16-21(19,20)5-2/h6-8,16H,4-5,9H2,1-3H3,(H,17,18). The van der Waals surface area contributed by atoms with Crippen LogP contribution in [0.15, 0.2) is 18.2 Å². The summed E-state index contributed by atoms with van der Waals surface area (Å²) in [5.41, 5.74) is -0.626. The second-order valence-corrected chi connectivity index (χ2v) is 7.12. The minimum atomic E-state index is -3.40. The van der Waals surface area contributed by atoms with Crippen molar-refractivity contribution in [2.75, 3.05) is 5.75 Å². The van der Waals surface area contributed by atoms with Crippen molar-refractivity contribution in [2.24, 2.45) is 0 Å². The van der Waals surface area contributed by atoms with E-state index in [2.05, 4.69) is 4.72 Å². The van der Waals surface area contributed by atoms with E-state index in [1.807, 2.05) is 0 Å². The molecule has 1 aromatic rings. The van der Waals surface area contributed by atoms with Gasteiger partial charge in [0.05, 0.1) is 11.2 Å². The van der Waals surface area contributed by atoms with Gasteiger partial charge in [0, 0.05) is 12.1 Å². The molecule has 7 heteroatoms. The van der Waals surface area contributed by atoms with Gasteiger partial charge in [-0.25, -0.2) is 17.5 Å². The Kier molecular flexibility index (Phi) is 5.47. The smallest absolute Gasteiger partial charge is 0.313 e. The summed E-state index contributed by atoms with van der Waals surface area (Å²) < 4.78 is 39.0. The van der Waals surface area contributed by atoms with Gasteiger partial charge in [0.25, 0.3) is 0 Å². The van der Waals surface area contributed by atoms with Gasteiger partial charge in [-0.3, -0.25) is 4.79 Å². The second kappa shape index (κ2) is 6.53. The Morgan fingerprint density at radius 3 is 2.43 bits per heavy atom. The van der Waals surface area contributed by atoms with E-state index < -0.39 is 27.2 Å². The van der Waals surface area contributed by atoms with Gasteiger partial charge in [-0.2, -0.15) is 0 Å². The molecule has 0 radical (unpaired) electrons. The lowest BCUT2D eigenvalue weighted by atomic mass is 9.80. The number of carbonyl (C=O) groups is 1. The van der Waals surface area contributed by atoms with E-state index in [1.54, 1.807) is 6.92 Å². The van der Waals surface area contributed by atoms with Crippen molar-refractivity contribution in [3.8, 4) is 0 Å². The molecule has 0 aliphatic heterocycles. The molecule has 0 aliphatic carbocycles. The molecule has 0 saturated carbocycles. The van der Waals surface area contributed by atoms with Crippen LogP contribution in [0.4, 0.5) is 4.39 Å². The number of benzene rings is 1. The van der Waals surface area contributed by atoms with E-state index in [-0.39, 0.29) is 17.9 Å². The Morgan fingerprint density at radius 1 is 1.38 bits per heavy atom. The first-order chi connectivity index (χ1) is 9.66. The highest BCUT2D eigenvalue weighted by molar-refractivity contribution is 7.89. The number of halogens is 1. The van der Waals surface area contributed by atoms with Gasteiger partial charge in [-0.15, -0.1) is 0 Å². The van der Waals surface area contributed by atoms with Crippen molar-refractivity contribution in [1.29, 1.82) is 0 Å². The summed E-state index contributed by atoms with van der Waals surface area (Å²) in [5, 5.41) is 9.27. The van der Waals surface area contributed by atoms with E-state index in [4.69, 9.17) is 0 Å². The first-order valence-corrected chi connectivity index (χ1v) is 8.31. The zero-order valence-electron chi connectivity index (χ0n) is 12.3. The van der Waals surface area contributed by atoms with E-state index in [0.29, 0.717) is 12.0 Å². The third-order valence-electron chi connectivity index (χ3n) is 3.73. The Morgan fingerprint density at radius 2 is 2.00 bits per heavy atom. The van der Waals surface area contributed by atoms with E-state index in [0.717, 1.165) is 6.07 Å². The van der Waals surface area contributed by atoms with Gasteiger partial charge in [0.1, 0.15) is 5.82 Å². The zero-order valence-corrected chi connectivity index (χ0v) is 13.1. The fraction of sp³-hybridized carbons (Fsp3) is 0.500. The fourth-order valence-electron chi connectivity index (χ4n) is 1.80. The van der Waals surface area contributed by atoms with Crippen molar-refractivity contribution in [2.45, 2.75) is 39.2 Å². The average Bonchev–Trinajstić information content (AvgIpc) is 2.44. The Bertz CT molecular complexity index is 630. The first kappa shape index (κ1) is 17.6. The molecule has 5 nitrogen and oxygen atoms in total. The van der Waals surface area contributed by atoms with E-state index in [9.17, 15) is 22.7 Å². The predicted octanol–water partition coefficient (Wildman–Crippen LogP) is 2.02. The monoisotopic (exact) mass is 317 g/mol. The van der Waals surface area contributed by atoms with Gasteiger partial charge < -0.3 is 5.11 Å². The maximum atomic E-state index is 14.0. The summed E-state index contributed by atoms with van der Waals surface area (Å²) in [7, 11) is -3.40. The van der Waals surface area contributed by atoms with Crippen molar-refractivity contribution in [3.05, 3.63) is 35.1 Å². The lowest BCUT2D eigenvalue weighted by molar-refractivity contribution is -0.143. The van der Waals surface area contributed by atoms with Crippen LogP contribution < -0.4 is 4.72 Å². The van der Waals surface area contributed by atoms with Crippen LogP contribution in [-0.4, -0.2) is 25.2 Å². The van der Waals surface area contributed by atoms with Crippen LogP contribution >= 0.6 is 0 Å². The van der Waals surface area contributed by atoms with Crippen LogP contribution in [0.25, 0.3) is 0 Å². The summed E-state index contributed by atoms with van der Waals surface area (Å²) in [6, 6.07) is 4.10. The van der Waals surface area contributed by atoms with Crippen LogP contribution in [0.5, 0.6) is 0 Å². The fourth-order valence-corrected chi connectivity index (χ4v) is 2.38. The minimum Gasteiger partial charge on any atom is -0.481 e. The van der Waals surface area contributed by atoms with Crippen LogP contribution in [0.3, 0.4) is 0 Å². The number of rotatable bonds is 7. The molecule has 118 valence electrons. The van der Waals surface area contributed by atoms with E-state index in [1.165, 1.54) is 26.0 Å². The predicted molar refractivity (Wildman–Crippen MR) is 78.0 cm³/mol. The molecule has 0 heterocycles. The molecule has 0 aromatic heterocycles. The number of hydrogen-bond acceptors (Lipinski definition) is 3. The highest BCUT2D eigenvalue weighted by atomic mass is 32.2. The molecule has 0 amide bonds. The second-order valence-electron chi connectivity index (χ2n) is 5.02. The lowest BCUT2D eigenvalue weighted by Crippen LogP contribution is -2.32. The van der Waals surface area contributed by atoms with Gasteiger partial charge in [0.2, 0.25) is 10.0 Å². The third kappa shape index (κ3) is 4.01. The number of carboxylic acids is 1. The third-order valence-corrected chi connectivity index (χ3v) is 5.08. The minimum absolute atomic E-state index is 0.0837. The molecular weight excluding hydrogens is 297 g/mol. The quantitative estimate of drug-likeness (QED) is 0.806. The number of hydrogen-bond donors (Lipinski definition) is 2. The molecule has 0 bridgehead atoms. The highest BCUT2D eigenvalue weighted by Gasteiger charge is 2.33. The van der Waals surface area contributed by atoms with Crippen molar-refractivity contribution < 1.29 is 22.7 Å². The average molecular weight is 317 g/mol. The molecule has 1 unspecified atom stereocenters. The van der Waals surface area contributed by atoms with Gasteiger partial charge >= 0.3 is 5.97 Å². The number of carboxylic acid groups (broad SMARTS) is 1. The number of nitrogens with one attached hydrogen (secondary N) is 1. The Hall–Kier alpha value is -1.47. The zero-order chi connectivity index (χ0) is 16.3. The molecule has 1 aromatic carbocycles. The SMILES string of the molecule is CCC(C)(C(=O)O)c1ccc(CNS(=O)(=O)CC)c(F)c1. The maximum Gasteiger partial charge on any atom is 0.313 e. The van der Waals surface area contributed by atoms with Crippen LogP contribution in [-0.2, 0) is 26.8 Å².